The maximum Gasteiger partial charge on any atom is 0.273 e. The van der Waals surface area contributed by atoms with E-state index in [-0.39, 0.29) is 11.8 Å². The average Bonchev–Trinajstić information content (AvgIpc) is 2.61. The second kappa shape index (κ2) is 6.75. The summed E-state index contributed by atoms with van der Waals surface area (Å²) in [7, 11) is 0. The van der Waals surface area contributed by atoms with Crippen LogP contribution < -0.4 is 4.74 Å². The second-order valence-electron chi connectivity index (χ2n) is 5.07. The summed E-state index contributed by atoms with van der Waals surface area (Å²) < 4.78 is 6.07. The molecule has 3 aromatic rings. The summed E-state index contributed by atoms with van der Waals surface area (Å²) >= 11 is 0. The van der Waals surface area contributed by atoms with Crippen molar-refractivity contribution in [2.45, 2.75) is 6.10 Å². The Balaban J connectivity index is 1.97. The summed E-state index contributed by atoms with van der Waals surface area (Å²) in [5.74, 6) is 0.469. The van der Waals surface area contributed by atoms with Gasteiger partial charge in [-0.2, -0.15) is 0 Å². The van der Waals surface area contributed by atoms with Crippen LogP contribution in [0.1, 0.15) is 17.2 Å². The molecule has 3 aromatic carbocycles. The van der Waals surface area contributed by atoms with Gasteiger partial charge in [0.2, 0.25) is 0 Å². The minimum absolute atomic E-state index is 0.0161. The molecule has 0 spiro atoms. The highest BCUT2D eigenvalue weighted by molar-refractivity contribution is 5.39. The minimum atomic E-state index is -0.424. The summed E-state index contributed by atoms with van der Waals surface area (Å²) in [6.07, 6.45) is -0.320. The van der Waals surface area contributed by atoms with Crippen molar-refractivity contribution >= 4 is 5.69 Å². The van der Waals surface area contributed by atoms with E-state index < -0.39 is 4.92 Å². The van der Waals surface area contributed by atoms with E-state index in [4.69, 9.17) is 4.74 Å². The molecule has 23 heavy (non-hydrogen) atoms. The lowest BCUT2D eigenvalue weighted by atomic mass is 10.0. The van der Waals surface area contributed by atoms with Gasteiger partial charge in [0.25, 0.3) is 5.69 Å². The predicted molar refractivity (Wildman–Crippen MR) is 88.5 cm³/mol. The number of nitro benzene ring substituents is 1. The maximum atomic E-state index is 10.9. The van der Waals surface area contributed by atoms with Crippen LogP contribution in [0.2, 0.25) is 0 Å². The number of hydrogen-bond acceptors (Lipinski definition) is 3. The fourth-order valence-corrected chi connectivity index (χ4v) is 2.39. The van der Waals surface area contributed by atoms with E-state index in [1.807, 2.05) is 60.7 Å². The van der Waals surface area contributed by atoms with Gasteiger partial charge in [-0.25, -0.2) is 0 Å². The van der Waals surface area contributed by atoms with Crippen molar-refractivity contribution in [3.05, 3.63) is 106 Å². The third-order valence-electron chi connectivity index (χ3n) is 3.49. The van der Waals surface area contributed by atoms with E-state index in [0.717, 1.165) is 11.1 Å². The molecule has 0 amide bonds. The summed E-state index contributed by atoms with van der Waals surface area (Å²) in [6, 6.07) is 25.8. The number of rotatable bonds is 5. The van der Waals surface area contributed by atoms with E-state index in [9.17, 15) is 10.1 Å². The van der Waals surface area contributed by atoms with Crippen molar-refractivity contribution in [1.29, 1.82) is 0 Å². The molecule has 0 aromatic heterocycles. The second-order valence-corrected chi connectivity index (χ2v) is 5.07. The highest BCUT2D eigenvalue weighted by atomic mass is 16.6. The molecule has 3 rings (SSSR count). The van der Waals surface area contributed by atoms with Gasteiger partial charge < -0.3 is 4.74 Å². The Morgan fingerprint density at radius 2 is 1.35 bits per heavy atom. The number of non-ortho nitro benzene ring substituents is 1. The average molecular weight is 305 g/mol. The Morgan fingerprint density at radius 3 is 1.87 bits per heavy atom. The van der Waals surface area contributed by atoms with Crippen LogP contribution in [0.25, 0.3) is 0 Å². The molecule has 0 aliphatic heterocycles. The van der Waals surface area contributed by atoms with Crippen LogP contribution >= 0.6 is 0 Å². The number of nitrogens with zero attached hydrogens (tertiary/aromatic N) is 1. The smallest absolute Gasteiger partial charge is 0.273 e. The van der Waals surface area contributed by atoms with Crippen molar-refractivity contribution in [2.75, 3.05) is 0 Å². The lowest BCUT2D eigenvalue weighted by Gasteiger charge is -2.20. The van der Waals surface area contributed by atoms with Gasteiger partial charge in [0.15, 0.2) is 0 Å². The molecule has 0 aliphatic carbocycles. The molecule has 0 saturated carbocycles. The van der Waals surface area contributed by atoms with Gasteiger partial charge in [0, 0.05) is 6.07 Å². The van der Waals surface area contributed by atoms with Crippen LogP contribution in [0.15, 0.2) is 84.9 Å². The Morgan fingerprint density at radius 1 is 0.783 bits per heavy atom. The number of ether oxygens (including phenoxy) is 1. The molecule has 0 atom stereocenters. The van der Waals surface area contributed by atoms with Crippen molar-refractivity contribution in [2.24, 2.45) is 0 Å². The zero-order valence-corrected chi connectivity index (χ0v) is 12.3. The number of benzene rings is 3. The molecular formula is C19H15NO3. The highest BCUT2D eigenvalue weighted by Crippen LogP contribution is 2.30. The van der Waals surface area contributed by atoms with Gasteiger partial charge in [-0.3, -0.25) is 10.1 Å². The lowest BCUT2D eigenvalue weighted by Crippen LogP contribution is -2.09. The van der Waals surface area contributed by atoms with E-state index >= 15 is 0 Å². The van der Waals surface area contributed by atoms with Crippen LogP contribution in [0.3, 0.4) is 0 Å². The quantitative estimate of drug-likeness (QED) is 0.504. The number of hydrogen-bond donors (Lipinski definition) is 0. The van der Waals surface area contributed by atoms with Crippen LogP contribution in [0.5, 0.6) is 5.75 Å². The maximum absolute atomic E-state index is 10.9. The summed E-state index contributed by atoms with van der Waals surface area (Å²) in [4.78, 5) is 10.5. The zero-order chi connectivity index (χ0) is 16.1. The van der Waals surface area contributed by atoms with Gasteiger partial charge in [-0.15, -0.1) is 0 Å². The fourth-order valence-electron chi connectivity index (χ4n) is 2.39. The third kappa shape index (κ3) is 3.55. The SMILES string of the molecule is O=[N+]([O-])c1cccc(OC(c2ccccc2)c2ccccc2)c1. The van der Waals surface area contributed by atoms with E-state index in [2.05, 4.69) is 0 Å². The number of nitro groups is 1. The van der Waals surface area contributed by atoms with Crippen LogP contribution in [0, 0.1) is 10.1 Å². The van der Waals surface area contributed by atoms with Gasteiger partial charge in [0.05, 0.1) is 11.0 Å². The Labute approximate surface area is 134 Å². The van der Waals surface area contributed by atoms with Crippen LogP contribution in [-0.2, 0) is 0 Å². The third-order valence-corrected chi connectivity index (χ3v) is 3.49. The molecule has 0 fully saturated rings. The molecule has 0 N–H and O–H groups in total. The largest absolute Gasteiger partial charge is 0.481 e. The van der Waals surface area contributed by atoms with Crippen molar-refractivity contribution < 1.29 is 9.66 Å². The van der Waals surface area contributed by atoms with Crippen LogP contribution in [-0.4, -0.2) is 4.92 Å². The summed E-state index contributed by atoms with van der Waals surface area (Å²) in [5, 5.41) is 10.9. The first kappa shape index (κ1) is 14.8. The van der Waals surface area contributed by atoms with Crippen molar-refractivity contribution in [3.8, 4) is 5.75 Å². The molecule has 4 nitrogen and oxygen atoms in total. The molecule has 114 valence electrons. The molecule has 0 aliphatic rings. The van der Waals surface area contributed by atoms with Crippen LogP contribution in [0.4, 0.5) is 5.69 Å². The first-order valence-corrected chi connectivity index (χ1v) is 7.25. The molecule has 0 heterocycles. The normalized spacial score (nSPS) is 10.5. The van der Waals surface area contributed by atoms with Gasteiger partial charge in [0.1, 0.15) is 11.9 Å². The summed E-state index contributed by atoms with van der Waals surface area (Å²) in [5.41, 5.74) is 2.00. The fraction of sp³-hybridized carbons (Fsp3) is 0.0526. The molecule has 0 saturated heterocycles. The van der Waals surface area contributed by atoms with Crippen molar-refractivity contribution in [3.63, 3.8) is 0 Å². The monoisotopic (exact) mass is 305 g/mol. The van der Waals surface area contributed by atoms with E-state index in [1.54, 1.807) is 12.1 Å². The standard InChI is InChI=1S/C19H15NO3/c21-20(22)17-12-7-13-18(14-17)23-19(15-8-3-1-4-9-15)16-10-5-2-6-11-16/h1-14,19H. The Hall–Kier alpha value is -3.14. The first-order valence-electron chi connectivity index (χ1n) is 7.25. The van der Waals surface area contributed by atoms with E-state index in [0.29, 0.717) is 5.75 Å². The topological polar surface area (TPSA) is 52.4 Å². The lowest BCUT2D eigenvalue weighted by molar-refractivity contribution is -0.384. The van der Waals surface area contributed by atoms with Gasteiger partial charge in [-0.05, 0) is 17.2 Å². The minimum Gasteiger partial charge on any atom is -0.481 e. The van der Waals surface area contributed by atoms with Gasteiger partial charge in [-0.1, -0.05) is 66.7 Å². The highest BCUT2D eigenvalue weighted by Gasteiger charge is 2.17. The Bertz CT molecular complexity index is 748. The Kier molecular flexibility index (Phi) is 4.34. The van der Waals surface area contributed by atoms with E-state index in [1.165, 1.54) is 12.1 Å². The zero-order valence-electron chi connectivity index (χ0n) is 12.3. The molecule has 4 heteroatoms. The van der Waals surface area contributed by atoms with Crippen molar-refractivity contribution in [1.82, 2.24) is 0 Å². The predicted octanol–water partition coefficient (Wildman–Crippen LogP) is 4.76. The molecule has 0 unspecified atom stereocenters. The molecule has 0 bridgehead atoms. The van der Waals surface area contributed by atoms with Gasteiger partial charge >= 0.3 is 0 Å². The first-order chi connectivity index (χ1) is 11.2. The summed E-state index contributed by atoms with van der Waals surface area (Å²) in [6.45, 7) is 0. The molecular weight excluding hydrogens is 290 g/mol. The molecule has 0 radical (unpaired) electrons.